The largest absolute Gasteiger partial charge is 0.380 e. The first-order valence-corrected chi connectivity index (χ1v) is 2.11. The Hall–Kier alpha value is -0.370. The van der Waals surface area contributed by atoms with Crippen molar-refractivity contribution in [2.75, 3.05) is 13.1 Å². The van der Waals surface area contributed by atoms with Crippen LogP contribution in [0.4, 0.5) is 0 Å². The number of carbonyl (C=O) groups is 1. The van der Waals surface area contributed by atoms with Crippen LogP contribution in [0, 0.1) is 11.8 Å². The summed E-state index contributed by atoms with van der Waals surface area (Å²) in [7, 11) is 0. The van der Waals surface area contributed by atoms with Crippen LogP contribution in [0.3, 0.4) is 0 Å². The molecule has 2 nitrogen and oxygen atoms in total. The maximum atomic E-state index is 12.2. The Labute approximate surface area is 72.1 Å². The van der Waals surface area contributed by atoms with Crippen LogP contribution in [0.25, 0.3) is 0 Å². The van der Waals surface area contributed by atoms with Crippen molar-refractivity contribution in [1.82, 2.24) is 0 Å². The van der Waals surface area contributed by atoms with E-state index in [1.165, 1.54) is 0 Å². The summed E-state index contributed by atoms with van der Waals surface area (Å²) < 4.78 is 91.8. The van der Waals surface area contributed by atoms with Gasteiger partial charge in [0.2, 0.25) is 0 Å². The Morgan fingerprint density at radius 2 is 2.33 bits per heavy atom. The molecule has 0 radical (unpaired) electrons. The minimum atomic E-state index is -3.75. The molecule has 52 valence electrons. The first-order chi connectivity index (χ1) is 8.86. The Morgan fingerprint density at radius 3 is 2.78 bits per heavy atom. The van der Waals surface area contributed by atoms with Gasteiger partial charge in [-0.1, -0.05) is 13.7 Å². The van der Waals surface area contributed by atoms with Crippen molar-refractivity contribution in [3.63, 3.8) is 0 Å². The second kappa shape index (κ2) is 2.48. The van der Waals surface area contributed by atoms with Crippen molar-refractivity contribution in [3.8, 4) is 0 Å². The first kappa shape index (κ1) is 1.18. The van der Waals surface area contributed by atoms with E-state index in [4.69, 9.17) is 16.4 Å². The molecule has 1 fully saturated rings. The Kier molecular flexibility index (Phi) is 0.325. The summed E-state index contributed by atoms with van der Waals surface area (Å²) in [5.74, 6) is -9.71. The molecular weight excluding hydrogens is 116 g/mol. The molecule has 1 heterocycles. The number of rotatable bonds is 0. The van der Waals surface area contributed by atoms with Gasteiger partial charge in [-0.25, -0.2) is 0 Å². The zero-order valence-corrected chi connectivity index (χ0v) is 4.32. The van der Waals surface area contributed by atoms with Gasteiger partial charge in [0.15, 0.2) is 0 Å². The summed E-state index contributed by atoms with van der Waals surface area (Å²) in [6.07, 6.45) is 0. The molecule has 2 unspecified atom stereocenters. The van der Waals surface area contributed by atoms with Gasteiger partial charge < -0.3 is 4.74 Å². The van der Waals surface area contributed by atoms with E-state index in [-0.39, 0.29) is 0 Å². The summed E-state index contributed by atoms with van der Waals surface area (Å²) in [5.41, 5.74) is 0. The molecule has 9 heavy (non-hydrogen) atoms. The van der Waals surface area contributed by atoms with Gasteiger partial charge in [-0.15, -0.1) is 0 Å². The van der Waals surface area contributed by atoms with Crippen molar-refractivity contribution in [1.29, 1.82) is 0 Å². The van der Waals surface area contributed by atoms with E-state index in [1.807, 2.05) is 0 Å². The minimum Gasteiger partial charge on any atom is -0.380 e. The number of ether oxygens (including phenoxy) is 1. The molecule has 1 saturated heterocycles. The molecule has 0 bridgehead atoms. The van der Waals surface area contributed by atoms with Gasteiger partial charge in [0.25, 0.3) is 0 Å². The average Bonchev–Trinajstić information content (AvgIpc) is 2.18. The van der Waals surface area contributed by atoms with Crippen LogP contribution in [0.5, 0.6) is 0 Å². The van der Waals surface area contributed by atoms with E-state index >= 15 is 0 Å². The molecule has 0 aromatic heterocycles. The Balaban J connectivity index is 3.72. The molecule has 1 aliphatic rings. The van der Waals surface area contributed by atoms with Crippen LogP contribution in [-0.2, 0) is 9.53 Å². The lowest BCUT2D eigenvalue weighted by Crippen LogP contribution is -2.32. The minimum absolute atomic E-state index is 2.21. The Morgan fingerprint density at radius 1 is 1.78 bits per heavy atom. The lowest BCUT2D eigenvalue weighted by molar-refractivity contribution is -0.135. The van der Waals surface area contributed by atoms with Crippen molar-refractivity contribution in [3.05, 3.63) is 0 Å². The third-order valence-electron chi connectivity index (χ3n) is 0.760. The highest BCUT2D eigenvalue weighted by Gasteiger charge is 2.24. The predicted molar refractivity (Wildman–Crippen MR) is 34.2 cm³/mol. The fourth-order valence-corrected chi connectivity index (χ4v) is 0.345. The third-order valence-corrected chi connectivity index (χ3v) is 0.760. The maximum Gasteiger partial charge on any atom is 0.143 e. The summed E-state index contributed by atoms with van der Waals surface area (Å²) in [6, 6.07) is 0. The van der Waals surface area contributed by atoms with Crippen molar-refractivity contribution in [2.45, 2.75) is 13.7 Å². The zero-order chi connectivity index (χ0) is 17.3. The standard InChI is InChI=1S/C7H12O2/c1-5-3-9-4-6(2)7(5)8/h5-6H,3-4H2,1-2H3/i1D3,2D3,3D2,4D2,5D,6D. The number of hydrogen-bond acceptors (Lipinski definition) is 2. The topological polar surface area (TPSA) is 26.3 Å². The van der Waals surface area contributed by atoms with Crippen LogP contribution in [0.2, 0.25) is 0 Å². The molecule has 0 N–H and O–H groups in total. The monoisotopic (exact) mass is 140 g/mol. The van der Waals surface area contributed by atoms with E-state index in [2.05, 4.69) is 4.74 Å². The molecule has 1 rings (SSSR count). The van der Waals surface area contributed by atoms with Gasteiger partial charge in [0.1, 0.15) is 5.78 Å². The number of ketones is 1. The second-order valence-electron chi connectivity index (χ2n) is 1.39. The fraction of sp³-hybridized carbons (Fsp3) is 0.857. The molecule has 0 saturated carbocycles. The SMILES string of the molecule is [2H]C([2H])([2H])C1([2H])C(=O)C([2H])(C([2H])([2H])[2H])C([2H])([2H])OC1([2H])[2H]. The van der Waals surface area contributed by atoms with E-state index in [0.29, 0.717) is 0 Å². The first-order valence-electron chi connectivity index (χ1n) is 8.11. The quantitative estimate of drug-likeness (QED) is 0.499. The molecule has 0 aliphatic carbocycles. The molecule has 0 amide bonds. The van der Waals surface area contributed by atoms with Gasteiger partial charge in [-0.05, 0) is 0 Å². The summed E-state index contributed by atoms with van der Waals surface area (Å²) >= 11 is 0. The van der Waals surface area contributed by atoms with Crippen molar-refractivity contribution < 1.29 is 26.0 Å². The number of Topliss-reactive ketones (excluding diaryl/α,β-unsaturated/α-hetero) is 1. The molecule has 0 spiro atoms. The maximum absolute atomic E-state index is 12.2. The lowest BCUT2D eigenvalue weighted by Gasteiger charge is -2.22. The highest BCUT2D eigenvalue weighted by molar-refractivity contribution is 5.83. The van der Waals surface area contributed by atoms with Crippen LogP contribution in [-0.4, -0.2) is 18.9 Å². The van der Waals surface area contributed by atoms with E-state index in [9.17, 15) is 4.79 Å². The highest BCUT2D eigenvalue weighted by atomic mass is 16.5. The van der Waals surface area contributed by atoms with Crippen LogP contribution in [0.15, 0.2) is 0 Å². The smallest absolute Gasteiger partial charge is 0.143 e. The summed E-state index contributed by atoms with van der Waals surface area (Å²) in [4.78, 5) is 12.2. The molecule has 0 aromatic rings. The third kappa shape index (κ3) is 1.30. The molecule has 2 heteroatoms. The lowest BCUT2D eigenvalue weighted by atomic mass is 9.95. The van der Waals surface area contributed by atoms with Crippen molar-refractivity contribution in [2.24, 2.45) is 11.8 Å². The molecule has 2 atom stereocenters. The Bertz CT molecular complexity index is 423. The number of hydrogen-bond donors (Lipinski definition) is 0. The number of carbonyl (C=O) groups excluding carboxylic acids is 1. The van der Waals surface area contributed by atoms with E-state index < -0.39 is 44.4 Å². The second-order valence-corrected chi connectivity index (χ2v) is 1.39. The molecule has 1 aliphatic heterocycles. The molecule has 0 aromatic carbocycles. The van der Waals surface area contributed by atoms with Gasteiger partial charge in [0.05, 0.1) is 18.6 Å². The average molecular weight is 140 g/mol. The van der Waals surface area contributed by atoms with E-state index in [1.54, 1.807) is 0 Å². The zero-order valence-electron chi connectivity index (χ0n) is 16.3. The van der Waals surface area contributed by atoms with Crippen LogP contribution in [0.1, 0.15) is 30.2 Å². The van der Waals surface area contributed by atoms with E-state index in [0.717, 1.165) is 0 Å². The van der Waals surface area contributed by atoms with Crippen LogP contribution < -0.4 is 0 Å². The fourth-order valence-electron chi connectivity index (χ4n) is 0.345. The predicted octanol–water partition coefficient (Wildman–Crippen LogP) is 0.858. The van der Waals surface area contributed by atoms with Gasteiger partial charge >= 0.3 is 0 Å². The van der Waals surface area contributed by atoms with Gasteiger partial charge in [-0.3, -0.25) is 4.79 Å². The van der Waals surface area contributed by atoms with Gasteiger partial charge in [-0.2, -0.15) is 0 Å². The van der Waals surface area contributed by atoms with Crippen molar-refractivity contribution >= 4 is 5.78 Å². The van der Waals surface area contributed by atoms with Crippen LogP contribution >= 0.6 is 0 Å². The normalized spacial score (nSPS) is 86.9. The summed E-state index contributed by atoms with van der Waals surface area (Å²) in [6.45, 7) is -14.6. The highest BCUT2D eigenvalue weighted by Crippen LogP contribution is 2.13. The van der Waals surface area contributed by atoms with Gasteiger partial charge in [0, 0.05) is 22.8 Å². The summed E-state index contributed by atoms with van der Waals surface area (Å²) in [5, 5.41) is 0. The molecular formula is C7H12O2.